The SMILES string of the molecule is C#CCOC(=O)Oc1ccccc1-c1ccccc1. The molecule has 0 N–H and O–H groups in total. The Morgan fingerprint density at radius 2 is 1.74 bits per heavy atom. The summed E-state index contributed by atoms with van der Waals surface area (Å²) in [6.07, 6.45) is 4.20. The molecule has 2 rings (SSSR count). The van der Waals surface area contributed by atoms with E-state index >= 15 is 0 Å². The molecule has 0 unspecified atom stereocenters. The van der Waals surface area contributed by atoms with Gasteiger partial charge in [-0.2, -0.15) is 0 Å². The van der Waals surface area contributed by atoms with E-state index in [1.54, 1.807) is 12.1 Å². The summed E-state index contributed by atoms with van der Waals surface area (Å²) in [4.78, 5) is 11.4. The highest BCUT2D eigenvalue weighted by atomic mass is 16.7. The molecule has 0 aliphatic carbocycles. The molecule has 3 heteroatoms. The van der Waals surface area contributed by atoms with Gasteiger partial charge in [0.15, 0.2) is 6.61 Å². The first kappa shape index (κ1) is 12.7. The maximum atomic E-state index is 11.4. The zero-order chi connectivity index (χ0) is 13.5. The number of hydrogen-bond acceptors (Lipinski definition) is 3. The summed E-state index contributed by atoms with van der Waals surface area (Å²) in [5.41, 5.74) is 1.78. The summed E-state index contributed by atoms with van der Waals surface area (Å²) in [5, 5.41) is 0. The van der Waals surface area contributed by atoms with Crippen molar-refractivity contribution in [2.24, 2.45) is 0 Å². The largest absolute Gasteiger partial charge is 0.514 e. The van der Waals surface area contributed by atoms with E-state index in [2.05, 4.69) is 10.7 Å². The minimum Gasteiger partial charge on any atom is -0.421 e. The number of carbonyl (C=O) groups is 1. The highest BCUT2D eigenvalue weighted by Crippen LogP contribution is 2.29. The summed E-state index contributed by atoms with van der Waals surface area (Å²) >= 11 is 0. The van der Waals surface area contributed by atoms with Gasteiger partial charge in [-0.15, -0.1) is 6.42 Å². The van der Waals surface area contributed by atoms with Gasteiger partial charge in [0, 0.05) is 5.56 Å². The molecule has 0 bridgehead atoms. The molecule has 0 aliphatic heterocycles. The van der Waals surface area contributed by atoms with Gasteiger partial charge in [-0.25, -0.2) is 4.79 Å². The van der Waals surface area contributed by atoms with Crippen LogP contribution in [0, 0.1) is 12.3 Å². The molecule has 0 fully saturated rings. The van der Waals surface area contributed by atoms with Crippen LogP contribution in [0.25, 0.3) is 11.1 Å². The van der Waals surface area contributed by atoms with E-state index in [0.717, 1.165) is 11.1 Å². The topological polar surface area (TPSA) is 35.5 Å². The average molecular weight is 252 g/mol. The molecule has 0 saturated carbocycles. The smallest absolute Gasteiger partial charge is 0.421 e. The van der Waals surface area contributed by atoms with Gasteiger partial charge in [0.25, 0.3) is 0 Å². The number of ether oxygens (including phenoxy) is 2. The van der Waals surface area contributed by atoms with Crippen LogP contribution >= 0.6 is 0 Å². The van der Waals surface area contributed by atoms with E-state index < -0.39 is 6.16 Å². The minimum atomic E-state index is -0.804. The van der Waals surface area contributed by atoms with E-state index in [4.69, 9.17) is 11.2 Å². The number of terminal acetylenes is 1. The molecule has 19 heavy (non-hydrogen) atoms. The van der Waals surface area contributed by atoms with Crippen molar-refractivity contribution >= 4 is 6.16 Å². The van der Waals surface area contributed by atoms with Gasteiger partial charge in [-0.3, -0.25) is 0 Å². The lowest BCUT2D eigenvalue weighted by Crippen LogP contribution is -2.11. The number of rotatable bonds is 3. The maximum Gasteiger partial charge on any atom is 0.514 e. The Bertz CT molecular complexity index is 597. The quantitative estimate of drug-likeness (QED) is 0.476. The highest BCUT2D eigenvalue weighted by Gasteiger charge is 2.10. The van der Waals surface area contributed by atoms with Gasteiger partial charge in [0.1, 0.15) is 5.75 Å². The first-order valence-corrected chi connectivity index (χ1v) is 5.74. The second-order valence-corrected chi connectivity index (χ2v) is 3.71. The monoisotopic (exact) mass is 252 g/mol. The van der Waals surface area contributed by atoms with Crippen molar-refractivity contribution in [2.75, 3.05) is 6.61 Å². The van der Waals surface area contributed by atoms with Crippen LogP contribution in [0.3, 0.4) is 0 Å². The zero-order valence-corrected chi connectivity index (χ0v) is 10.2. The van der Waals surface area contributed by atoms with E-state index in [1.165, 1.54) is 0 Å². The molecular formula is C16H12O3. The van der Waals surface area contributed by atoms with Crippen LogP contribution in [0.5, 0.6) is 5.75 Å². The maximum absolute atomic E-state index is 11.4. The number of benzene rings is 2. The molecule has 0 atom stereocenters. The van der Waals surface area contributed by atoms with Crippen molar-refractivity contribution in [1.82, 2.24) is 0 Å². The van der Waals surface area contributed by atoms with Crippen molar-refractivity contribution < 1.29 is 14.3 Å². The molecule has 94 valence electrons. The van der Waals surface area contributed by atoms with Crippen LogP contribution in [0.1, 0.15) is 0 Å². The third kappa shape index (κ3) is 3.36. The number of hydrogen-bond donors (Lipinski definition) is 0. The molecule has 0 saturated heterocycles. The van der Waals surface area contributed by atoms with Crippen molar-refractivity contribution in [1.29, 1.82) is 0 Å². The van der Waals surface area contributed by atoms with Crippen LogP contribution in [-0.2, 0) is 4.74 Å². The average Bonchev–Trinajstić information content (AvgIpc) is 2.46. The first-order valence-electron chi connectivity index (χ1n) is 5.74. The van der Waals surface area contributed by atoms with Gasteiger partial charge in [-0.05, 0) is 11.6 Å². The fraction of sp³-hybridized carbons (Fsp3) is 0.0625. The van der Waals surface area contributed by atoms with Crippen molar-refractivity contribution in [3.8, 4) is 29.2 Å². The van der Waals surface area contributed by atoms with Crippen molar-refractivity contribution in [2.45, 2.75) is 0 Å². The summed E-state index contributed by atoms with van der Waals surface area (Å²) in [6, 6.07) is 16.9. The third-order valence-corrected chi connectivity index (χ3v) is 2.44. The summed E-state index contributed by atoms with van der Waals surface area (Å²) in [7, 11) is 0. The van der Waals surface area contributed by atoms with Gasteiger partial charge in [0.2, 0.25) is 0 Å². The second-order valence-electron chi connectivity index (χ2n) is 3.71. The van der Waals surface area contributed by atoms with E-state index in [9.17, 15) is 4.79 Å². The molecule has 3 nitrogen and oxygen atoms in total. The van der Waals surface area contributed by atoms with Gasteiger partial charge in [0.05, 0.1) is 0 Å². The normalized spacial score (nSPS) is 9.42. The van der Waals surface area contributed by atoms with E-state index in [-0.39, 0.29) is 6.61 Å². The predicted molar refractivity (Wildman–Crippen MR) is 72.7 cm³/mol. The molecule has 2 aromatic rings. The van der Waals surface area contributed by atoms with E-state index in [1.807, 2.05) is 42.5 Å². The second kappa shape index (κ2) is 6.27. The Kier molecular flexibility index (Phi) is 4.20. The Morgan fingerprint density at radius 3 is 2.47 bits per heavy atom. The molecule has 0 spiro atoms. The van der Waals surface area contributed by atoms with Gasteiger partial charge >= 0.3 is 6.16 Å². The van der Waals surface area contributed by atoms with Crippen LogP contribution < -0.4 is 4.74 Å². The lowest BCUT2D eigenvalue weighted by atomic mass is 10.1. The van der Waals surface area contributed by atoms with Crippen LogP contribution in [0.4, 0.5) is 4.79 Å². The summed E-state index contributed by atoms with van der Waals surface area (Å²) in [6.45, 7) is -0.105. The zero-order valence-electron chi connectivity index (χ0n) is 10.2. The molecule has 0 heterocycles. The van der Waals surface area contributed by atoms with Gasteiger partial charge < -0.3 is 9.47 Å². The molecule has 0 aromatic heterocycles. The lowest BCUT2D eigenvalue weighted by molar-refractivity contribution is 0.111. The number of para-hydroxylation sites is 1. The van der Waals surface area contributed by atoms with Crippen LogP contribution in [0.2, 0.25) is 0 Å². The van der Waals surface area contributed by atoms with Gasteiger partial charge in [-0.1, -0.05) is 54.5 Å². The Labute approximate surface area is 111 Å². The summed E-state index contributed by atoms with van der Waals surface area (Å²) in [5.74, 6) is 2.65. The first-order chi connectivity index (χ1) is 9.31. The Balaban J connectivity index is 2.23. The highest BCUT2D eigenvalue weighted by molar-refractivity contribution is 5.74. The molecule has 0 amide bonds. The fourth-order valence-electron chi connectivity index (χ4n) is 1.63. The Hall–Kier alpha value is -2.73. The molecule has 0 radical (unpaired) electrons. The molecular weight excluding hydrogens is 240 g/mol. The summed E-state index contributed by atoms with van der Waals surface area (Å²) < 4.78 is 9.83. The third-order valence-electron chi connectivity index (χ3n) is 2.44. The number of carbonyl (C=O) groups excluding carboxylic acids is 1. The van der Waals surface area contributed by atoms with Crippen molar-refractivity contribution in [3.63, 3.8) is 0 Å². The fourth-order valence-corrected chi connectivity index (χ4v) is 1.63. The van der Waals surface area contributed by atoms with E-state index in [0.29, 0.717) is 5.75 Å². The Morgan fingerprint density at radius 1 is 1.05 bits per heavy atom. The lowest BCUT2D eigenvalue weighted by Gasteiger charge is -2.09. The molecule has 0 aliphatic rings. The van der Waals surface area contributed by atoms with Crippen LogP contribution in [0.15, 0.2) is 54.6 Å². The van der Waals surface area contributed by atoms with Crippen LogP contribution in [-0.4, -0.2) is 12.8 Å². The predicted octanol–water partition coefficient (Wildman–Crippen LogP) is 3.50. The van der Waals surface area contributed by atoms with Crippen molar-refractivity contribution in [3.05, 3.63) is 54.6 Å². The standard InChI is InChI=1S/C16H12O3/c1-2-12-18-16(17)19-15-11-7-6-10-14(15)13-8-4-3-5-9-13/h1,3-11H,12H2. The minimum absolute atomic E-state index is 0.105. The molecule has 2 aromatic carbocycles.